The Kier molecular flexibility index (Phi) is 3.75. The fourth-order valence-corrected chi connectivity index (χ4v) is 1.59. The van der Waals surface area contributed by atoms with Crippen molar-refractivity contribution in [2.75, 3.05) is 0 Å². The number of ether oxygens (including phenoxy) is 1. The smallest absolute Gasteiger partial charge is 0.304 e. The van der Waals surface area contributed by atoms with Crippen LogP contribution in [0.5, 0.6) is 5.75 Å². The molecule has 0 aliphatic carbocycles. The molecule has 98 valence electrons. The lowest BCUT2D eigenvalue weighted by molar-refractivity contribution is -0.387. The molecule has 19 heavy (non-hydrogen) atoms. The van der Waals surface area contributed by atoms with Gasteiger partial charge in [-0.3, -0.25) is 10.1 Å². The van der Waals surface area contributed by atoms with E-state index in [0.29, 0.717) is 11.3 Å². The molecule has 0 amide bonds. The lowest BCUT2D eigenvalue weighted by atomic mass is 10.2. The molecule has 0 saturated heterocycles. The minimum Gasteiger partial charge on any atom is -0.489 e. The number of nitro benzene ring substituents is 1. The maximum atomic E-state index is 13.4. The summed E-state index contributed by atoms with van der Waals surface area (Å²) in [7, 11) is 0. The largest absolute Gasteiger partial charge is 0.489 e. The van der Waals surface area contributed by atoms with Gasteiger partial charge in [-0.25, -0.2) is 0 Å². The third-order valence-corrected chi connectivity index (χ3v) is 2.64. The minimum atomic E-state index is -0.852. The number of hydrogen-bond acceptors (Lipinski definition) is 3. The molecule has 0 radical (unpaired) electrons. The van der Waals surface area contributed by atoms with Crippen molar-refractivity contribution in [2.24, 2.45) is 0 Å². The highest BCUT2D eigenvalue weighted by Gasteiger charge is 2.13. The molecule has 2 aromatic rings. The van der Waals surface area contributed by atoms with Gasteiger partial charge in [-0.2, -0.15) is 4.39 Å². The molecular weight excluding hydrogens is 249 g/mol. The third kappa shape index (κ3) is 3.28. The Hall–Kier alpha value is -2.43. The van der Waals surface area contributed by atoms with Gasteiger partial charge in [-0.15, -0.1) is 0 Å². The highest BCUT2D eigenvalue weighted by molar-refractivity contribution is 5.35. The van der Waals surface area contributed by atoms with E-state index in [1.54, 1.807) is 0 Å². The van der Waals surface area contributed by atoms with E-state index in [9.17, 15) is 14.5 Å². The molecule has 2 rings (SSSR count). The van der Waals surface area contributed by atoms with Gasteiger partial charge in [0.2, 0.25) is 5.82 Å². The lowest BCUT2D eigenvalue weighted by Gasteiger charge is -2.06. The van der Waals surface area contributed by atoms with Gasteiger partial charge >= 0.3 is 5.69 Å². The Morgan fingerprint density at radius 1 is 1.21 bits per heavy atom. The van der Waals surface area contributed by atoms with Crippen LogP contribution in [0.1, 0.15) is 11.1 Å². The number of nitro groups is 1. The number of benzene rings is 2. The zero-order chi connectivity index (χ0) is 13.8. The Balaban J connectivity index is 2.06. The van der Waals surface area contributed by atoms with Crippen molar-refractivity contribution in [1.29, 1.82) is 0 Å². The second-order valence-corrected chi connectivity index (χ2v) is 4.14. The van der Waals surface area contributed by atoms with E-state index in [4.69, 9.17) is 4.74 Å². The highest BCUT2D eigenvalue weighted by Crippen LogP contribution is 2.19. The molecule has 0 saturated carbocycles. The van der Waals surface area contributed by atoms with Gasteiger partial charge in [0.25, 0.3) is 0 Å². The van der Waals surface area contributed by atoms with Crippen molar-refractivity contribution < 1.29 is 14.1 Å². The van der Waals surface area contributed by atoms with E-state index in [1.165, 1.54) is 6.07 Å². The quantitative estimate of drug-likeness (QED) is 0.624. The summed E-state index contributed by atoms with van der Waals surface area (Å²) < 4.78 is 18.8. The van der Waals surface area contributed by atoms with E-state index in [1.807, 2.05) is 31.2 Å². The summed E-state index contributed by atoms with van der Waals surface area (Å²) in [5.41, 5.74) is 1.14. The average molecular weight is 261 g/mol. The fraction of sp³-hybridized carbons (Fsp3) is 0.143. The van der Waals surface area contributed by atoms with E-state index in [-0.39, 0.29) is 6.61 Å². The van der Waals surface area contributed by atoms with Gasteiger partial charge in [0.1, 0.15) is 12.4 Å². The molecule has 4 nitrogen and oxygen atoms in total. The van der Waals surface area contributed by atoms with Gasteiger partial charge < -0.3 is 4.74 Å². The monoisotopic (exact) mass is 261 g/mol. The van der Waals surface area contributed by atoms with Crippen molar-refractivity contribution in [3.63, 3.8) is 0 Å². The molecular formula is C14H12FNO3. The van der Waals surface area contributed by atoms with E-state index < -0.39 is 16.4 Å². The normalized spacial score (nSPS) is 10.2. The van der Waals surface area contributed by atoms with Gasteiger partial charge in [-0.1, -0.05) is 17.7 Å². The summed E-state index contributed by atoms with van der Waals surface area (Å²) in [6, 6.07) is 11.2. The first-order valence-electron chi connectivity index (χ1n) is 5.68. The van der Waals surface area contributed by atoms with Crippen LogP contribution in [0, 0.1) is 22.9 Å². The summed E-state index contributed by atoms with van der Waals surface area (Å²) in [4.78, 5) is 9.73. The Morgan fingerprint density at radius 3 is 2.47 bits per heavy atom. The molecule has 0 unspecified atom stereocenters. The van der Waals surface area contributed by atoms with Gasteiger partial charge in [0.15, 0.2) is 0 Å². The van der Waals surface area contributed by atoms with Crippen molar-refractivity contribution in [1.82, 2.24) is 0 Å². The minimum absolute atomic E-state index is 0.165. The SMILES string of the molecule is Cc1ccc(OCc2ccc([N+](=O)[O-])c(F)c2)cc1. The predicted molar refractivity (Wildman–Crippen MR) is 68.6 cm³/mol. The molecule has 0 aliphatic rings. The standard InChI is InChI=1S/C14H12FNO3/c1-10-2-5-12(6-3-10)19-9-11-4-7-14(16(17)18)13(15)8-11/h2-8H,9H2,1H3. The van der Waals surface area contributed by atoms with Crippen LogP contribution in [-0.2, 0) is 6.61 Å². The van der Waals surface area contributed by atoms with Crippen LogP contribution in [0.3, 0.4) is 0 Å². The van der Waals surface area contributed by atoms with Crippen LogP contribution in [-0.4, -0.2) is 4.92 Å². The van der Waals surface area contributed by atoms with Crippen molar-refractivity contribution >= 4 is 5.69 Å². The molecule has 0 aliphatic heterocycles. The highest BCUT2D eigenvalue weighted by atomic mass is 19.1. The number of nitrogens with zero attached hydrogens (tertiary/aromatic N) is 1. The second kappa shape index (κ2) is 5.48. The topological polar surface area (TPSA) is 52.4 Å². The van der Waals surface area contributed by atoms with Crippen LogP contribution < -0.4 is 4.74 Å². The van der Waals surface area contributed by atoms with Gasteiger partial charge in [0.05, 0.1) is 4.92 Å². The summed E-state index contributed by atoms with van der Waals surface area (Å²) >= 11 is 0. The molecule has 2 aromatic carbocycles. The van der Waals surface area contributed by atoms with Crippen molar-refractivity contribution in [3.8, 4) is 5.75 Å². The van der Waals surface area contributed by atoms with Crippen LogP contribution in [0.25, 0.3) is 0 Å². The number of rotatable bonds is 4. The first-order chi connectivity index (χ1) is 9.06. The second-order valence-electron chi connectivity index (χ2n) is 4.14. The van der Waals surface area contributed by atoms with E-state index in [2.05, 4.69) is 0 Å². The molecule has 0 aromatic heterocycles. The molecule has 0 bridgehead atoms. The predicted octanol–water partition coefficient (Wildman–Crippen LogP) is 3.62. The lowest BCUT2D eigenvalue weighted by Crippen LogP contribution is -1.98. The van der Waals surface area contributed by atoms with E-state index >= 15 is 0 Å². The average Bonchev–Trinajstić information content (AvgIpc) is 2.37. The van der Waals surface area contributed by atoms with Gasteiger partial charge in [-0.05, 0) is 36.8 Å². The Bertz CT molecular complexity index is 596. The maximum Gasteiger partial charge on any atom is 0.304 e. The molecule has 0 N–H and O–H groups in total. The molecule has 5 heteroatoms. The van der Waals surface area contributed by atoms with Crippen LogP contribution in [0.2, 0.25) is 0 Å². The number of hydrogen-bond donors (Lipinski definition) is 0. The number of aryl methyl sites for hydroxylation is 1. The summed E-state index contributed by atoms with van der Waals surface area (Å²) in [6.45, 7) is 2.13. The van der Waals surface area contributed by atoms with Crippen LogP contribution in [0.15, 0.2) is 42.5 Å². The fourth-order valence-electron chi connectivity index (χ4n) is 1.59. The molecule has 0 atom stereocenters. The molecule has 0 fully saturated rings. The first-order valence-corrected chi connectivity index (χ1v) is 5.68. The van der Waals surface area contributed by atoms with Crippen molar-refractivity contribution in [2.45, 2.75) is 13.5 Å². The summed E-state index contributed by atoms with van der Waals surface area (Å²) in [5, 5.41) is 10.5. The molecule has 0 spiro atoms. The van der Waals surface area contributed by atoms with Crippen LogP contribution in [0.4, 0.5) is 10.1 Å². The Labute approximate surface area is 109 Å². The third-order valence-electron chi connectivity index (χ3n) is 2.64. The zero-order valence-electron chi connectivity index (χ0n) is 10.3. The van der Waals surface area contributed by atoms with E-state index in [0.717, 1.165) is 17.7 Å². The molecule has 0 heterocycles. The zero-order valence-corrected chi connectivity index (χ0v) is 10.3. The van der Waals surface area contributed by atoms with Crippen molar-refractivity contribution in [3.05, 3.63) is 69.5 Å². The first kappa shape index (κ1) is 13.0. The van der Waals surface area contributed by atoms with Gasteiger partial charge in [0, 0.05) is 6.07 Å². The summed E-state index contributed by atoms with van der Waals surface area (Å²) in [5.74, 6) is -0.181. The number of halogens is 1. The maximum absolute atomic E-state index is 13.4. The summed E-state index contributed by atoms with van der Waals surface area (Å²) in [6.07, 6.45) is 0. The van der Waals surface area contributed by atoms with Crippen LogP contribution >= 0.6 is 0 Å². The Morgan fingerprint density at radius 2 is 1.89 bits per heavy atom.